The molecule has 0 radical (unpaired) electrons. The monoisotopic (exact) mass is 483 g/mol. The van der Waals surface area contributed by atoms with Crippen LogP contribution in [-0.2, 0) is 24.2 Å². The van der Waals surface area contributed by atoms with Gasteiger partial charge in [-0.2, -0.15) is 0 Å². The van der Waals surface area contributed by atoms with Crippen molar-refractivity contribution in [3.05, 3.63) is 59.2 Å². The number of halogens is 1. The van der Waals surface area contributed by atoms with Crippen molar-refractivity contribution in [3.8, 4) is 0 Å². The fraction of sp³-hybridized carbons (Fsp3) is 0.556. The van der Waals surface area contributed by atoms with Crippen molar-refractivity contribution in [1.29, 1.82) is 0 Å². The molecule has 1 aromatic heterocycles. The molecule has 0 aliphatic carbocycles. The van der Waals surface area contributed by atoms with E-state index in [4.69, 9.17) is 5.73 Å². The number of primary amides is 1. The van der Waals surface area contributed by atoms with E-state index in [2.05, 4.69) is 35.8 Å². The Morgan fingerprint density at radius 1 is 1.06 bits per heavy atom. The number of nitrogens with two attached hydrogens (primary N) is 1. The minimum absolute atomic E-state index is 0.143. The van der Waals surface area contributed by atoms with Crippen LogP contribution in [0.3, 0.4) is 0 Å². The Morgan fingerprint density at radius 3 is 2.20 bits per heavy atom. The maximum Gasteiger partial charge on any atom is 0.248 e. The molecule has 3 rings (SSSR count). The minimum Gasteiger partial charge on any atom is -0.366 e. The predicted molar refractivity (Wildman–Crippen MR) is 134 cm³/mol. The van der Waals surface area contributed by atoms with Gasteiger partial charge in [-0.3, -0.25) is 24.5 Å². The maximum atomic E-state index is 14.6. The highest BCUT2D eigenvalue weighted by atomic mass is 19.1. The molecule has 2 heterocycles. The van der Waals surface area contributed by atoms with Gasteiger partial charge in [0.25, 0.3) is 0 Å². The number of likely N-dealkylation sites (tertiary alicyclic amines) is 1. The quantitative estimate of drug-likeness (QED) is 0.528. The number of rotatable bonds is 11. The molecule has 0 spiro atoms. The largest absolute Gasteiger partial charge is 0.366 e. The van der Waals surface area contributed by atoms with Crippen LogP contribution in [0.25, 0.3) is 0 Å². The Hall–Kier alpha value is -2.87. The molecule has 1 unspecified atom stereocenters. The van der Waals surface area contributed by atoms with Crippen molar-refractivity contribution in [2.24, 2.45) is 11.7 Å². The molecule has 0 saturated carbocycles. The van der Waals surface area contributed by atoms with Crippen LogP contribution in [0.1, 0.15) is 66.8 Å². The van der Waals surface area contributed by atoms with Gasteiger partial charge in [-0.25, -0.2) is 4.39 Å². The minimum atomic E-state index is -1.09. The lowest BCUT2D eigenvalue weighted by Gasteiger charge is -2.37. The first-order valence-electron chi connectivity index (χ1n) is 12.6. The maximum absolute atomic E-state index is 14.6. The number of nitrogens with zero attached hydrogens (tertiary/aromatic N) is 4. The molecule has 8 heteroatoms. The molecule has 2 N–H and O–H groups in total. The Labute approximate surface area is 207 Å². The lowest BCUT2D eigenvalue weighted by Crippen LogP contribution is -2.47. The first kappa shape index (κ1) is 26.7. The van der Waals surface area contributed by atoms with Gasteiger partial charge in [-0.15, -0.1) is 0 Å². The lowest BCUT2D eigenvalue weighted by atomic mass is 9.98. The molecular formula is C27H38FN5O2. The molecule has 7 nitrogen and oxygen atoms in total. The first-order valence-corrected chi connectivity index (χ1v) is 12.6. The van der Waals surface area contributed by atoms with E-state index in [1.807, 2.05) is 4.90 Å². The zero-order valence-electron chi connectivity index (χ0n) is 21.1. The highest BCUT2D eigenvalue weighted by molar-refractivity contribution is 5.92. The number of alkyl halides is 1. The van der Waals surface area contributed by atoms with Crippen LogP contribution in [-0.4, -0.2) is 63.9 Å². The zero-order chi connectivity index (χ0) is 25.4. The number of carbonyl (C=O) groups excluding carboxylic acids is 2. The Bertz CT molecular complexity index is 955. The number of amides is 2. The third kappa shape index (κ3) is 7.56. The van der Waals surface area contributed by atoms with Gasteiger partial charge < -0.3 is 10.6 Å². The van der Waals surface area contributed by atoms with Gasteiger partial charge in [0.1, 0.15) is 6.17 Å². The van der Waals surface area contributed by atoms with Crippen molar-refractivity contribution in [2.45, 2.75) is 71.1 Å². The normalized spacial score (nSPS) is 15.5. The zero-order valence-corrected chi connectivity index (χ0v) is 21.1. The summed E-state index contributed by atoms with van der Waals surface area (Å²) in [5.74, 6) is -0.0530. The molecule has 1 fully saturated rings. The topological polar surface area (TPSA) is 92.4 Å². The molecule has 1 atom stereocenters. The Kier molecular flexibility index (Phi) is 9.72. The summed E-state index contributed by atoms with van der Waals surface area (Å²) in [6.45, 7) is 6.44. The van der Waals surface area contributed by atoms with Crippen molar-refractivity contribution in [2.75, 3.05) is 20.1 Å². The smallest absolute Gasteiger partial charge is 0.248 e. The average molecular weight is 484 g/mol. The Morgan fingerprint density at radius 2 is 1.66 bits per heavy atom. The molecule has 190 valence electrons. The molecule has 1 aromatic carbocycles. The van der Waals surface area contributed by atoms with E-state index in [9.17, 15) is 14.0 Å². The fourth-order valence-electron chi connectivity index (χ4n) is 4.74. The van der Waals surface area contributed by atoms with E-state index in [1.54, 1.807) is 36.7 Å². The van der Waals surface area contributed by atoms with Crippen LogP contribution in [0, 0.1) is 5.92 Å². The standard InChI is InChI=1S/C27H38FN5O2/c1-4-20(5-2)27(35)33-12-10-25(11-13-33)32(3)18-24-17-30-23(16-31-24)15-22(28)14-19-6-8-21(9-7-19)26(29)34/h6-9,16-17,20,22,25H,4-5,10-15,18H2,1-3H3,(H2,29,34). The van der Waals surface area contributed by atoms with Crippen LogP contribution in [0.4, 0.5) is 4.39 Å². The van der Waals surface area contributed by atoms with E-state index < -0.39 is 12.1 Å². The molecule has 1 aliphatic rings. The lowest BCUT2D eigenvalue weighted by molar-refractivity contribution is -0.137. The van der Waals surface area contributed by atoms with Gasteiger partial charge in [0.2, 0.25) is 11.8 Å². The van der Waals surface area contributed by atoms with Crippen LogP contribution in [0.15, 0.2) is 36.7 Å². The van der Waals surface area contributed by atoms with Gasteiger partial charge in [0, 0.05) is 56.2 Å². The van der Waals surface area contributed by atoms with Crippen molar-refractivity contribution in [1.82, 2.24) is 19.8 Å². The van der Waals surface area contributed by atoms with Crippen molar-refractivity contribution >= 4 is 11.8 Å². The van der Waals surface area contributed by atoms with E-state index in [1.165, 1.54) is 0 Å². The summed E-state index contributed by atoms with van der Waals surface area (Å²) in [6, 6.07) is 7.08. The summed E-state index contributed by atoms with van der Waals surface area (Å²) < 4.78 is 14.6. The second-order valence-electron chi connectivity index (χ2n) is 9.55. The van der Waals surface area contributed by atoms with Crippen LogP contribution < -0.4 is 5.73 Å². The second-order valence-corrected chi connectivity index (χ2v) is 9.55. The summed E-state index contributed by atoms with van der Waals surface area (Å²) in [5.41, 5.74) is 7.93. The number of carbonyl (C=O) groups is 2. The summed E-state index contributed by atoms with van der Waals surface area (Å²) in [6.07, 6.45) is 6.43. The number of piperidine rings is 1. The number of hydrogen-bond donors (Lipinski definition) is 1. The van der Waals surface area contributed by atoms with Crippen LogP contribution in [0.5, 0.6) is 0 Å². The molecule has 2 amide bonds. The van der Waals surface area contributed by atoms with Gasteiger partial charge in [-0.05, 0) is 50.4 Å². The average Bonchev–Trinajstić information content (AvgIpc) is 2.86. The third-order valence-corrected chi connectivity index (χ3v) is 7.03. The number of hydrogen-bond acceptors (Lipinski definition) is 5. The third-order valence-electron chi connectivity index (χ3n) is 7.03. The molecule has 2 aromatic rings. The predicted octanol–water partition coefficient (Wildman–Crippen LogP) is 3.56. The van der Waals surface area contributed by atoms with E-state index in [0.717, 1.165) is 50.0 Å². The van der Waals surface area contributed by atoms with Gasteiger partial charge in [0.15, 0.2) is 0 Å². The fourth-order valence-corrected chi connectivity index (χ4v) is 4.74. The van der Waals surface area contributed by atoms with E-state index in [-0.39, 0.29) is 18.8 Å². The first-order chi connectivity index (χ1) is 16.8. The van der Waals surface area contributed by atoms with Crippen LogP contribution >= 0.6 is 0 Å². The SMILES string of the molecule is CCC(CC)C(=O)N1CCC(N(C)Cc2cnc(CC(F)Cc3ccc(C(N)=O)cc3)cn2)CC1. The van der Waals surface area contributed by atoms with E-state index in [0.29, 0.717) is 29.8 Å². The van der Waals surface area contributed by atoms with Crippen LogP contribution in [0.2, 0.25) is 0 Å². The summed E-state index contributed by atoms with van der Waals surface area (Å²) in [5, 5.41) is 0. The van der Waals surface area contributed by atoms with Gasteiger partial charge in [0.05, 0.1) is 17.6 Å². The highest BCUT2D eigenvalue weighted by Crippen LogP contribution is 2.21. The van der Waals surface area contributed by atoms with Crippen molar-refractivity contribution < 1.29 is 14.0 Å². The number of aromatic nitrogens is 2. The highest BCUT2D eigenvalue weighted by Gasteiger charge is 2.28. The van der Waals surface area contributed by atoms with Gasteiger partial charge in [-0.1, -0.05) is 26.0 Å². The van der Waals surface area contributed by atoms with Crippen molar-refractivity contribution in [3.63, 3.8) is 0 Å². The number of benzene rings is 1. The Balaban J connectivity index is 1.45. The molecule has 1 aliphatic heterocycles. The summed E-state index contributed by atoms with van der Waals surface area (Å²) in [4.78, 5) is 37.0. The molecule has 1 saturated heterocycles. The molecular weight excluding hydrogens is 445 g/mol. The molecule has 35 heavy (non-hydrogen) atoms. The molecule has 0 bridgehead atoms. The summed E-state index contributed by atoms with van der Waals surface area (Å²) >= 11 is 0. The van der Waals surface area contributed by atoms with E-state index >= 15 is 0 Å². The summed E-state index contributed by atoms with van der Waals surface area (Å²) in [7, 11) is 2.08. The second kappa shape index (κ2) is 12.7. The van der Waals surface area contributed by atoms with Gasteiger partial charge >= 0.3 is 0 Å².